The molecule has 0 bridgehead atoms. The molecule has 2 N–H and O–H groups in total. The summed E-state index contributed by atoms with van der Waals surface area (Å²) in [6, 6.07) is 3.29. The summed E-state index contributed by atoms with van der Waals surface area (Å²) in [5.41, 5.74) is 0.333. The fraction of sp³-hybridized carbons (Fsp3) is 0.571. The number of sulfonamides is 1. The van der Waals surface area contributed by atoms with Crippen molar-refractivity contribution in [2.45, 2.75) is 31.4 Å². The molecule has 0 aliphatic carbocycles. The van der Waals surface area contributed by atoms with Gasteiger partial charge in [0.1, 0.15) is 10.7 Å². The van der Waals surface area contributed by atoms with Crippen LogP contribution in [0.2, 0.25) is 0 Å². The number of halogens is 1. The maximum atomic E-state index is 13.9. The van der Waals surface area contributed by atoms with E-state index in [0.717, 1.165) is 6.07 Å². The molecule has 0 spiro atoms. The van der Waals surface area contributed by atoms with Gasteiger partial charge in [0.25, 0.3) is 0 Å². The van der Waals surface area contributed by atoms with Crippen LogP contribution in [0.25, 0.3) is 0 Å². The molecule has 1 atom stereocenters. The Hall–Kier alpha value is -1.02. The predicted octanol–water partition coefficient (Wildman–Crippen LogP) is 1.18. The minimum absolute atomic E-state index is 0.0713. The van der Waals surface area contributed by atoms with E-state index in [-0.39, 0.29) is 18.6 Å². The first-order valence-electron chi connectivity index (χ1n) is 6.73. The van der Waals surface area contributed by atoms with Crippen LogP contribution in [0.5, 0.6) is 0 Å². The highest BCUT2D eigenvalue weighted by atomic mass is 32.2. The van der Waals surface area contributed by atoms with Gasteiger partial charge in [-0.1, -0.05) is 19.9 Å². The van der Waals surface area contributed by atoms with Gasteiger partial charge >= 0.3 is 0 Å². The van der Waals surface area contributed by atoms with E-state index < -0.39 is 20.7 Å². The van der Waals surface area contributed by atoms with E-state index >= 15 is 0 Å². The lowest BCUT2D eigenvalue weighted by Gasteiger charge is -2.25. The van der Waals surface area contributed by atoms with E-state index in [1.807, 2.05) is 32.8 Å². The molecule has 0 fully saturated rings. The van der Waals surface area contributed by atoms with Crippen LogP contribution in [-0.2, 0) is 16.6 Å². The molecular weight excluding hydrogens is 295 g/mol. The van der Waals surface area contributed by atoms with Crippen molar-refractivity contribution in [2.75, 3.05) is 20.6 Å². The number of hydrogen-bond donors (Lipinski definition) is 2. The number of likely N-dealkylation sites (N-methyl/N-ethyl adjacent to an activating group) is 1. The van der Waals surface area contributed by atoms with E-state index in [1.54, 1.807) is 0 Å². The van der Waals surface area contributed by atoms with Crippen LogP contribution in [0.15, 0.2) is 23.1 Å². The molecule has 0 aliphatic rings. The molecule has 0 heterocycles. The third-order valence-corrected chi connectivity index (χ3v) is 4.66. The molecule has 0 saturated carbocycles. The van der Waals surface area contributed by atoms with E-state index in [4.69, 9.17) is 5.11 Å². The quantitative estimate of drug-likeness (QED) is 0.792. The van der Waals surface area contributed by atoms with Gasteiger partial charge in [0.2, 0.25) is 10.0 Å². The summed E-state index contributed by atoms with van der Waals surface area (Å²) in [5.74, 6) is -0.789. The second kappa shape index (κ2) is 7.31. The Labute approximate surface area is 125 Å². The summed E-state index contributed by atoms with van der Waals surface area (Å²) < 4.78 is 41.1. The summed E-state index contributed by atoms with van der Waals surface area (Å²) >= 11 is 0. The molecule has 0 amide bonds. The van der Waals surface area contributed by atoms with Gasteiger partial charge < -0.3 is 10.0 Å². The second-order valence-electron chi connectivity index (χ2n) is 5.66. The van der Waals surface area contributed by atoms with Gasteiger partial charge in [-0.25, -0.2) is 17.5 Å². The van der Waals surface area contributed by atoms with Gasteiger partial charge in [-0.15, -0.1) is 0 Å². The number of nitrogens with zero attached hydrogens (tertiary/aromatic N) is 1. The summed E-state index contributed by atoms with van der Waals surface area (Å²) in [6.45, 7) is 4.00. The molecule has 0 aromatic heterocycles. The van der Waals surface area contributed by atoms with Crippen LogP contribution < -0.4 is 4.72 Å². The summed E-state index contributed by atoms with van der Waals surface area (Å²) in [4.78, 5) is 1.47. The Morgan fingerprint density at radius 3 is 2.38 bits per heavy atom. The van der Waals surface area contributed by atoms with Crippen molar-refractivity contribution in [3.8, 4) is 0 Å². The lowest BCUT2D eigenvalue weighted by Crippen LogP contribution is -2.45. The number of hydrogen-bond acceptors (Lipinski definition) is 4. The van der Waals surface area contributed by atoms with Gasteiger partial charge in [0.15, 0.2) is 0 Å². The fourth-order valence-corrected chi connectivity index (χ4v) is 3.34. The molecule has 7 heteroatoms. The molecular formula is C14H23FN2O3S. The largest absolute Gasteiger partial charge is 0.392 e. The molecule has 1 rings (SSSR count). The molecule has 1 unspecified atom stereocenters. The molecule has 21 heavy (non-hydrogen) atoms. The lowest BCUT2D eigenvalue weighted by atomic mass is 10.1. The monoisotopic (exact) mass is 318 g/mol. The van der Waals surface area contributed by atoms with Gasteiger partial charge in [-0.2, -0.15) is 0 Å². The Bertz CT molecular complexity index is 574. The van der Waals surface area contributed by atoms with E-state index in [0.29, 0.717) is 12.1 Å². The van der Waals surface area contributed by atoms with Crippen molar-refractivity contribution >= 4 is 10.0 Å². The molecule has 0 saturated heterocycles. The maximum Gasteiger partial charge on any atom is 0.243 e. The van der Waals surface area contributed by atoms with E-state index in [2.05, 4.69) is 4.72 Å². The number of aliphatic hydroxyl groups is 1. The highest BCUT2D eigenvalue weighted by Gasteiger charge is 2.25. The van der Waals surface area contributed by atoms with E-state index in [9.17, 15) is 12.8 Å². The van der Waals surface area contributed by atoms with Crippen LogP contribution in [-0.4, -0.2) is 45.1 Å². The third kappa shape index (κ3) is 5.03. The van der Waals surface area contributed by atoms with E-state index in [1.165, 1.54) is 12.1 Å². The van der Waals surface area contributed by atoms with Crippen molar-refractivity contribution in [2.24, 2.45) is 5.92 Å². The average Bonchev–Trinajstić information content (AvgIpc) is 2.36. The molecule has 120 valence electrons. The fourth-order valence-electron chi connectivity index (χ4n) is 1.90. The lowest BCUT2D eigenvalue weighted by molar-refractivity contribution is 0.281. The minimum atomic E-state index is -3.94. The first-order chi connectivity index (χ1) is 9.67. The van der Waals surface area contributed by atoms with Crippen LogP contribution >= 0.6 is 0 Å². The normalized spacial score (nSPS) is 13.9. The second-order valence-corrected chi connectivity index (χ2v) is 7.34. The van der Waals surface area contributed by atoms with Crippen LogP contribution in [0.1, 0.15) is 19.4 Å². The standard InChI is InChI=1S/C14H23FN2O3S/c1-10(2)13(8-17(3)4)16-21(19,20)14-6-5-11(9-18)7-12(14)15/h5-7,10,13,16,18H,8-9H2,1-4H3. The maximum absolute atomic E-state index is 13.9. The average molecular weight is 318 g/mol. The molecule has 1 aromatic carbocycles. The smallest absolute Gasteiger partial charge is 0.243 e. The third-order valence-electron chi connectivity index (χ3n) is 3.14. The first-order valence-corrected chi connectivity index (χ1v) is 8.22. The number of rotatable bonds is 7. The van der Waals surface area contributed by atoms with Crippen molar-refractivity contribution in [3.05, 3.63) is 29.6 Å². The first kappa shape index (κ1) is 18.0. The molecule has 0 aliphatic heterocycles. The Balaban J connectivity index is 3.04. The van der Waals surface area contributed by atoms with Crippen molar-refractivity contribution < 1.29 is 17.9 Å². The van der Waals surface area contributed by atoms with Gasteiger partial charge in [-0.3, -0.25) is 0 Å². The summed E-state index contributed by atoms with van der Waals surface area (Å²) in [5, 5.41) is 8.94. The van der Waals surface area contributed by atoms with Gasteiger partial charge in [0.05, 0.1) is 6.61 Å². The SMILES string of the molecule is CC(C)C(CN(C)C)NS(=O)(=O)c1ccc(CO)cc1F. The Kier molecular flexibility index (Phi) is 6.27. The Morgan fingerprint density at radius 1 is 1.33 bits per heavy atom. The van der Waals surface area contributed by atoms with Gasteiger partial charge in [0, 0.05) is 12.6 Å². The number of nitrogens with one attached hydrogen (secondary N) is 1. The van der Waals surface area contributed by atoms with Crippen molar-refractivity contribution in [1.82, 2.24) is 9.62 Å². The molecule has 0 radical (unpaired) electrons. The summed E-state index contributed by atoms with van der Waals surface area (Å²) in [7, 11) is -0.244. The zero-order valence-electron chi connectivity index (χ0n) is 12.8. The predicted molar refractivity (Wildman–Crippen MR) is 79.8 cm³/mol. The molecule has 1 aromatic rings. The highest BCUT2D eigenvalue weighted by Crippen LogP contribution is 2.17. The number of aliphatic hydroxyl groups excluding tert-OH is 1. The van der Waals surface area contributed by atoms with Crippen molar-refractivity contribution in [1.29, 1.82) is 0 Å². The van der Waals surface area contributed by atoms with Gasteiger partial charge in [-0.05, 0) is 37.7 Å². The number of benzene rings is 1. The van der Waals surface area contributed by atoms with Crippen molar-refractivity contribution in [3.63, 3.8) is 0 Å². The van der Waals surface area contributed by atoms with Crippen LogP contribution in [0, 0.1) is 11.7 Å². The highest BCUT2D eigenvalue weighted by molar-refractivity contribution is 7.89. The Morgan fingerprint density at radius 2 is 1.95 bits per heavy atom. The zero-order valence-corrected chi connectivity index (χ0v) is 13.6. The van der Waals surface area contributed by atoms with Crippen LogP contribution in [0.4, 0.5) is 4.39 Å². The summed E-state index contributed by atoms with van der Waals surface area (Å²) in [6.07, 6.45) is 0. The molecule has 5 nitrogen and oxygen atoms in total. The zero-order chi connectivity index (χ0) is 16.2. The minimum Gasteiger partial charge on any atom is -0.392 e. The topological polar surface area (TPSA) is 69.6 Å². The van der Waals surface area contributed by atoms with Crippen LogP contribution in [0.3, 0.4) is 0 Å².